The summed E-state index contributed by atoms with van der Waals surface area (Å²) in [7, 11) is 0. The van der Waals surface area contributed by atoms with Crippen molar-refractivity contribution in [2.75, 3.05) is 0 Å². The number of hydrogen-bond acceptors (Lipinski definition) is 4. The molecule has 0 aliphatic heterocycles. The quantitative estimate of drug-likeness (QED) is 0.507. The summed E-state index contributed by atoms with van der Waals surface area (Å²) in [5.41, 5.74) is 3.41. The van der Waals surface area contributed by atoms with Crippen LogP contribution in [0.5, 0.6) is 0 Å². The second kappa shape index (κ2) is 3.43. The van der Waals surface area contributed by atoms with Gasteiger partial charge in [-0.1, -0.05) is 18.2 Å². The van der Waals surface area contributed by atoms with Crippen LogP contribution < -0.4 is 0 Å². The summed E-state index contributed by atoms with van der Waals surface area (Å²) in [6.07, 6.45) is -0.112. The van der Waals surface area contributed by atoms with Gasteiger partial charge in [-0.2, -0.15) is 0 Å². The van der Waals surface area contributed by atoms with Gasteiger partial charge in [0.15, 0.2) is 17.5 Å². The van der Waals surface area contributed by atoms with Crippen LogP contribution in [-0.4, -0.2) is 9.97 Å². The zero-order valence-corrected chi connectivity index (χ0v) is 9.25. The van der Waals surface area contributed by atoms with Crippen LogP contribution in [0.15, 0.2) is 57.7 Å². The third kappa shape index (κ3) is 1.26. The average Bonchev–Trinajstić information content (AvgIpc) is 2.99. The molecule has 2 heterocycles. The number of oxazole rings is 2. The lowest BCUT2D eigenvalue weighted by atomic mass is 10.2. The zero-order chi connectivity index (χ0) is 12.8. The number of nitrogens with zero attached hydrogens (tertiary/aromatic N) is 2. The first-order chi connectivity index (χ1) is 9.31. The van der Waals surface area contributed by atoms with Gasteiger partial charge in [-0.25, -0.2) is 9.97 Å². The Morgan fingerprint density at radius 1 is 1.00 bits per heavy atom. The van der Waals surface area contributed by atoms with E-state index in [1.165, 1.54) is 0 Å². The maximum atomic E-state index is 7.46. The molecule has 0 saturated carbocycles. The molecule has 0 fully saturated rings. The van der Waals surface area contributed by atoms with Gasteiger partial charge in [-0.15, -0.1) is 0 Å². The molecular weight excluding hydrogens is 228 g/mol. The van der Waals surface area contributed by atoms with E-state index in [1.54, 1.807) is 6.07 Å². The van der Waals surface area contributed by atoms with E-state index < -0.39 is 0 Å². The zero-order valence-electron chi connectivity index (χ0n) is 10.3. The molecule has 0 N–H and O–H groups in total. The molecule has 0 aliphatic rings. The van der Waals surface area contributed by atoms with E-state index in [-0.39, 0.29) is 6.37 Å². The lowest BCUT2D eigenvalue weighted by Crippen LogP contribution is -1.79. The first kappa shape index (κ1) is 8.47. The molecular formula is C14H8N2O2. The number of benzene rings is 2. The second-order valence-electron chi connectivity index (χ2n) is 3.94. The maximum absolute atomic E-state index is 7.46. The molecule has 0 saturated heterocycles. The standard InChI is InChI=1S/C14H8N2O2/c1-2-6-11-10(5-1)16-14(18-11)9-4-3-7-12-13(9)15-8-17-12/h1-8H/i8D. The van der Waals surface area contributed by atoms with Gasteiger partial charge in [0.1, 0.15) is 12.4 Å². The van der Waals surface area contributed by atoms with Crippen LogP contribution in [-0.2, 0) is 0 Å². The highest BCUT2D eigenvalue weighted by molar-refractivity contribution is 5.89. The maximum Gasteiger partial charge on any atom is 0.229 e. The van der Waals surface area contributed by atoms with Crippen molar-refractivity contribution >= 4 is 22.2 Å². The van der Waals surface area contributed by atoms with Crippen LogP contribution in [0.25, 0.3) is 33.7 Å². The van der Waals surface area contributed by atoms with Crippen molar-refractivity contribution in [1.82, 2.24) is 9.97 Å². The Kier molecular flexibility index (Phi) is 1.62. The van der Waals surface area contributed by atoms with Crippen molar-refractivity contribution in [3.63, 3.8) is 0 Å². The summed E-state index contributed by atoms with van der Waals surface area (Å²) in [5.74, 6) is 0.486. The molecule has 2 aromatic carbocycles. The number of rotatable bonds is 1. The van der Waals surface area contributed by atoms with Crippen molar-refractivity contribution in [3.05, 3.63) is 48.8 Å². The highest BCUT2D eigenvalue weighted by Crippen LogP contribution is 2.29. The summed E-state index contributed by atoms with van der Waals surface area (Å²) < 4.78 is 18.4. The fourth-order valence-corrected chi connectivity index (χ4v) is 2.00. The summed E-state index contributed by atoms with van der Waals surface area (Å²) in [6.45, 7) is 0. The smallest absolute Gasteiger partial charge is 0.229 e. The van der Waals surface area contributed by atoms with Gasteiger partial charge in [0.2, 0.25) is 5.89 Å². The minimum absolute atomic E-state index is 0.112. The largest absolute Gasteiger partial charge is 0.443 e. The van der Waals surface area contributed by atoms with Crippen LogP contribution in [0.3, 0.4) is 0 Å². The molecule has 0 atom stereocenters. The Hall–Kier alpha value is -2.62. The van der Waals surface area contributed by atoms with Crippen LogP contribution in [0.4, 0.5) is 0 Å². The third-order valence-corrected chi connectivity index (χ3v) is 2.84. The van der Waals surface area contributed by atoms with E-state index in [1.807, 2.05) is 36.4 Å². The van der Waals surface area contributed by atoms with Gasteiger partial charge in [-0.3, -0.25) is 0 Å². The molecule has 4 heteroatoms. The van der Waals surface area contributed by atoms with Crippen molar-refractivity contribution in [3.8, 4) is 11.5 Å². The second-order valence-corrected chi connectivity index (χ2v) is 3.94. The molecule has 2 aromatic heterocycles. The number of aromatic nitrogens is 2. The van der Waals surface area contributed by atoms with Crippen LogP contribution in [0, 0.1) is 0 Å². The van der Waals surface area contributed by atoms with E-state index in [9.17, 15) is 0 Å². The summed E-state index contributed by atoms with van der Waals surface area (Å²) in [4.78, 5) is 8.49. The Morgan fingerprint density at radius 3 is 2.83 bits per heavy atom. The van der Waals surface area contributed by atoms with Crippen LogP contribution in [0.2, 0.25) is 0 Å². The van der Waals surface area contributed by atoms with E-state index in [2.05, 4.69) is 9.97 Å². The minimum Gasteiger partial charge on any atom is -0.443 e. The normalized spacial score (nSPS) is 12.1. The average molecular weight is 237 g/mol. The van der Waals surface area contributed by atoms with Gasteiger partial charge in [0, 0.05) is 0 Å². The number of para-hydroxylation sites is 3. The molecule has 4 nitrogen and oxygen atoms in total. The van der Waals surface area contributed by atoms with E-state index in [4.69, 9.17) is 10.2 Å². The number of fused-ring (bicyclic) bond motifs is 2. The molecule has 0 unspecified atom stereocenters. The van der Waals surface area contributed by atoms with Gasteiger partial charge in [0.25, 0.3) is 0 Å². The molecule has 4 rings (SSSR count). The first-order valence-electron chi connectivity index (χ1n) is 6.03. The predicted octanol–water partition coefficient (Wildman–Crippen LogP) is 3.64. The van der Waals surface area contributed by atoms with Gasteiger partial charge >= 0.3 is 0 Å². The first-order valence-corrected chi connectivity index (χ1v) is 5.53. The van der Waals surface area contributed by atoms with Crippen molar-refractivity contribution in [1.29, 1.82) is 0 Å². The van der Waals surface area contributed by atoms with Crippen molar-refractivity contribution < 1.29 is 10.2 Å². The van der Waals surface area contributed by atoms with Crippen LogP contribution >= 0.6 is 0 Å². The third-order valence-electron chi connectivity index (χ3n) is 2.84. The topological polar surface area (TPSA) is 52.1 Å². The minimum atomic E-state index is -0.112. The highest BCUT2D eigenvalue weighted by Gasteiger charge is 2.12. The monoisotopic (exact) mass is 237 g/mol. The molecule has 18 heavy (non-hydrogen) atoms. The SMILES string of the molecule is [2H]c1nc2c(-c3nc4ccccc4o3)cccc2o1. The predicted molar refractivity (Wildman–Crippen MR) is 67.0 cm³/mol. The Morgan fingerprint density at radius 2 is 1.89 bits per heavy atom. The fraction of sp³-hybridized carbons (Fsp3) is 0. The summed E-state index contributed by atoms with van der Waals surface area (Å²) in [6, 6.07) is 13.0. The van der Waals surface area contributed by atoms with Gasteiger partial charge < -0.3 is 8.83 Å². The molecule has 0 spiro atoms. The lowest BCUT2D eigenvalue weighted by Gasteiger charge is -1.94. The van der Waals surface area contributed by atoms with E-state index >= 15 is 0 Å². The molecule has 86 valence electrons. The Labute approximate surface area is 103 Å². The van der Waals surface area contributed by atoms with Crippen LogP contribution in [0.1, 0.15) is 1.37 Å². The van der Waals surface area contributed by atoms with Gasteiger partial charge in [0.05, 0.1) is 5.56 Å². The molecule has 0 amide bonds. The lowest BCUT2D eigenvalue weighted by molar-refractivity contribution is 0.602. The summed E-state index contributed by atoms with van der Waals surface area (Å²) >= 11 is 0. The highest BCUT2D eigenvalue weighted by atomic mass is 16.3. The number of hydrogen-bond donors (Lipinski definition) is 0. The molecule has 0 bridgehead atoms. The van der Waals surface area contributed by atoms with E-state index in [0.29, 0.717) is 17.0 Å². The van der Waals surface area contributed by atoms with Gasteiger partial charge in [-0.05, 0) is 24.3 Å². The molecule has 0 radical (unpaired) electrons. The molecule has 4 aromatic rings. The van der Waals surface area contributed by atoms with E-state index in [0.717, 1.165) is 16.7 Å². The summed E-state index contributed by atoms with van der Waals surface area (Å²) in [5, 5.41) is 0. The Balaban J connectivity index is 2.03. The van der Waals surface area contributed by atoms with Crippen molar-refractivity contribution in [2.45, 2.75) is 0 Å². The molecule has 0 aliphatic carbocycles. The fourth-order valence-electron chi connectivity index (χ4n) is 2.00. The Bertz CT molecular complexity index is 862. The van der Waals surface area contributed by atoms with Crippen molar-refractivity contribution in [2.24, 2.45) is 0 Å².